The van der Waals surface area contributed by atoms with Gasteiger partial charge in [-0.05, 0) is 37.6 Å². The molecule has 2 N–H and O–H groups in total. The number of hydrogen-bond acceptors (Lipinski definition) is 2. The average molecular weight is 240 g/mol. The minimum atomic E-state index is -0.175. The number of nitrogens with one attached hydrogen (secondary N) is 2. The number of halogens is 1. The van der Waals surface area contributed by atoms with E-state index >= 15 is 0 Å². The molecule has 0 aromatic heterocycles. The fourth-order valence-electron chi connectivity index (χ4n) is 1.35. The standard InChI is InChI=1S/C12H19FN2.C2H6/c1-3-6-14-7-8-15-12-5-4-10(2)9-11(12)13;1-2/h4-5,9,14-15H,3,6-8H2,1-2H3;1-2H3. The molecule has 0 aliphatic rings. The van der Waals surface area contributed by atoms with Crippen LogP contribution in [-0.2, 0) is 0 Å². The van der Waals surface area contributed by atoms with Crippen LogP contribution in [0.1, 0.15) is 32.8 Å². The second kappa shape index (κ2) is 10.1. The van der Waals surface area contributed by atoms with Crippen LogP contribution >= 0.6 is 0 Å². The molecule has 0 saturated carbocycles. The Hall–Kier alpha value is -1.09. The van der Waals surface area contributed by atoms with E-state index in [9.17, 15) is 4.39 Å². The van der Waals surface area contributed by atoms with Crippen molar-refractivity contribution in [1.82, 2.24) is 5.32 Å². The quantitative estimate of drug-likeness (QED) is 0.743. The first-order valence-corrected chi connectivity index (χ1v) is 6.44. The van der Waals surface area contributed by atoms with Crippen molar-refractivity contribution >= 4 is 5.69 Å². The largest absolute Gasteiger partial charge is 0.381 e. The highest BCUT2D eigenvalue weighted by Crippen LogP contribution is 2.14. The first-order valence-electron chi connectivity index (χ1n) is 6.44. The van der Waals surface area contributed by atoms with E-state index in [4.69, 9.17) is 0 Å². The van der Waals surface area contributed by atoms with Crippen molar-refractivity contribution in [2.45, 2.75) is 34.1 Å². The summed E-state index contributed by atoms with van der Waals surface area (Å²) in [5.74, 6) is -0.175. The summed E-state index contributed by atoms with van der Waals surface area (Å²) in [6, 6.07) is 5.23. The van der Waals surface area contributed by atoms with E-state index < -0.39 is 0 Å². The summed E-state index contributed by atoms with van der Waals surface area (Å²) in [6.07, 6.45) is 1.12. The Labute approximate surface area is 105 Å². The van der Waals surface area contributed by atoms with E-state index in [1.807, 2.05) is 26.8 Å². The van der Waals surface area contributed by atoms with Crippen LogP contribution < -0.4 is 10.6 Å². The summed E-state index contributed by atoms with van der Waals surface area (Å²) in [5, 5.41) is 6.31. The normalized spacial score (nSPS) is 9.47. The van der Waals surface area contributed by atoms with Gasteiger partial charge in [-0.2, -0.15) is 0 Å². The van der Waals surface area contributed by atoms with Gasteiger partial charge in [-0.1, -0.05) is 26.8 Å². The molecular formula is C14H25FN2. The summed E-state index contributed by atoms with van der Waals surface area (Å²) in [4.78, 5) is 0. The van der Waals surface area contributed by atoms with Gasteiger partial charge in [0.25, 0.3) is 0 Å². The topological polar surface area (TPSA) is 24.1 Å². The van der Waals surface area contributed by atoms with E-state index in [-0.39, 0.29) is 5.82 Å². The van der Waals surface area contributed by atoms with Crippen LogP contribution in [0.3, 0.4) is 0 Å². The molecule has 2 nitrogen and oxygen atoms in total. The summed E-state index contributed by atoms with van der Waals surface area (Å²) in [7, 11) is 0. The third-order valence-corrected chi connectivity index (χ3v) is 2.17. The van der Waals surface area contributed by atoms with Gasteiger partial charge in [-0.15, -0.1) is 0 Å². The molecule has 0 aliphatic heterocycles. The smallest absolute Gasteiger partial charge is 0.146 e. The van der Waals surface area contributed by atoms with Crippen molar-refractivity contribution < 1.29 is 4.39 Å². The lowest BCUT2D eigenvalue weighted by atomic mass is 10.2. The predicted molar refractivity (Wildman–Crippen MR) is 74.1 cm³/mol. The van der Waals surface area contributed by atoms with Crippen LogP contribution in [0.2, 0.25) is 0 Å². The summed E-state index contributed by atoms with van der Waals surface area (Å²) >= 11 is 0. The number of benzene rings is 1. The first-order chi connectivity index (χ1) is 8.24. The van der Waals surface area contributed by atoms with Crippen molar-refractivity contribution in [2.75, 3.05) is 25.0 Å². The monoisotopic (exact) mass is 240 g/mol. The van der Waals surface area contributed by atoms with Crippen LogP contribution in [0.4, 0.5) is 10.1 Å². The van der Waals surface area contributed by atoms with Gasteiger partial charge >= 0.3 is 0 Å². The molecular weight excluding hydrogens is 215 g/mol. The molecule has 0 amide bonds. The minimum Gasteiger partial charge on any atom is -0.381 e. The van der Waals surface area contributed by atoms with Gasteiger partial charge in [-0.3, -0.25) is 0 Å². The second-order valence-corrected chi connectivity index (χ2v) is 3.66. The lowest BCUT2D eigenvalue weighted by Crippen LogP contribution is -2.23. The van der Waals surface area contributed by atoms with Gasteiger partial charge in [0.05, 0.1) is 5.69 Å². The lowest BCUT2D eigenvalue weighted by molar-refractivity contribution is 0.627. The molecule has 1 aromatic carbocycles. The van der Waals surface area contributed by atoms with Crippen LogP contribution in [-0.4, -0.2) is 19.6 Å². The van der Waals surface area contributed by atoms with Gasteiger partial charge in [0.2, 0.25) is 0 Å². The van der Waals surface area contributed by atoms with Gasteiger partial charge in [0, 0.05) is 13.1 Å². The second-order valence-electron chi connectivity index (χ2n) is 3.66. The fraction of sp³-hybridized carbons (Fsp3) is 0.571. The van der Waals surface area contributed by atoms with Gasteiger partial charge in [0.1, 0.15) is 5.82 Å². The molecule has 1 rings (SSSR count). The summed E-state index contributed by atoms with van der Waals surface area (Å²) < 4.78 is 13.3. The molecule has 0 fully saturated rings. The van der Waals surface area contributed by atoms with E-state index in [0.29, 0.717) is 5.69 Å². The minimum absolute atomic E-state index is 0.175. The zero-order valence-electron chi connectivity index (χ0n) is 11.4. The Morgan fingerprint density at radius 1 is 1.12 bits per heavy atom. The maximum atomic E-state index is 13.3. The predicted octanol–water partition coefficient (Wildman–Crippen LogP) is 3.57. The molecule has 0 spiro atoms. The van der Waals surface area contributed by atoms with E-state index in [1.165, 1.54) is 0 Å². The van der Waals surface area contributed by atoms with E-state index in [1.54, 1.807) is 12.1 Å². The van der Waals surface area contributed by atoms with Crippen molar-refractivity contribution in [1.29, 1.82) is 0 Å². The molecule has 0 radical (unpaired) electrons. The lowest BCUT2D eigenvalue weighted by Gasteiger charge is -2.08. The molecule has 0 bridgehead atoms. The summed E-state index contributed by atoms with van der Waals surface area (Å²) in [5.41, 5.74) is 1.53. The molecule has 0 atom stereocenters. The van der Waals surface area contributed by atoms with Crippen molar-refractivity contribution in [2.24, 2.45) is 0 Å². The van der Waals surface area contributed by atoms with Crippen LogP contribution in [0.25, 0.3) is 0 Å². The van der Waals surface area contributed by atoms with E-state index in [2.05, 4.69) is 17.6 Å². The van der Waals surface area contributed by atoms with Gasteiger partial charge in [-0.25, -0.2) is 4.39 Å². The molecule has 3 heteroatoms. The van der Waals surface area contributed by atoms with Gasteiger partial charge < -0.3 is 10.6 Å². The Kier molecular flexibility index (Phi) is 9.44. The third kappa shape index (κ3) is 6.95. The Bertz CT molecular complexity index is 300. The Balaban J connectivity index is 0.00000121. The maximum Gasteiger partial charge on any atom is 0.146 e. The SMILES string of the molecule is CC.CCCNCCNc1ccc(C)cc1F. The molecule has 0 unspecified atom stereocenters. The number of rotatable bonds is 6. The zero-order valence-corrected chi connectivity index (χ0v) is 11.4. The van der Waals surface area contributed by atoms with Crippen LogP contribution in [0.5, 0.6) is 0 Å². The van der Waals surface area contributed by atoms with E-state index in [0.717, 1.165) is 31.6 Å². The number of anilines is 1. The summed E-state index contributed by atoms with van der Waals surface area (Å²) in [6.45, 7) is 10.6. The molecule has 0 aliphatic carbocycles. The molecule has 98 valence electrons. The molecule has 1 aromatic rings. The highest BCUT2D eigenvalue weighted by atomic mass is 19.1. The Morgan fingerprint density at radius 3 is 2.41 bits per heavy atom. The average Bonchev–Trinajstić information content (AvgIpc) is 2.34. The van der Waals surface area contributed by atoms with Crippen molar-refractivity contribution in [3.05, 3.63) is 29.6 Å². The highest BCUT2D eigenvalue weighted by molar-refractivity contribution is 5.46. The molecule has 17 heavy (non-hydrogen) atoms. The maximum absolute atomic E-state index is 13.3. The van der Waals surface area contributed by atoms with Crippen molar-refractivity contribution in [3.63, 3.8) is 0 Å². The highest BCUT2D eigenvalue weighted by Gasteiger charge is 1.99. The van der Waals surface area contributed by atoms with Crippen LogP contribution in [0, 0.1) is 12.7 Å². The number of aryl methyl sites for hydroxylation is 1. The first kappa shape index (κ1) is 15.9. The van der Waals surface area contributed by atoms with Gasteiger partial charge in [0.15, 0.2) is 0 Å². The molecule has 0 saturated heterocycles. The van der Waals surface area contributed by atoms with Crippen LogP contribution in [0.15, 0.2) is 18.2 Å². The number of hydrogen-bond donors (Lipinski definition) is 2. The molecule has 0 heterocycles. The fourth-order valence-corrected chi connectivity index (χ4v) is 1.35. The van der Waals surface area contributed by atoms with Crippen molar-refractivity contribution in [3.8, 4) is 0 Å². The Morgan fingerprint density at radius 2 is 1.82 bits per heavy atom. The zero-order chi connectivity index (χ0) is 13.1. The third-order valence-electron chi connectivity index (χ3n) is 2.17.